The van der Waals surface area contributed by atoms with Crippen LogP contribution in [0.4, 0.5) is 5.69 Å². The van der Waals surface area contributed by atoms with Crippen LogP contribution in [0.3, 0.4) is 0 Å². The van der Waals surface area contributed by atoms with Crippen molar-refractivity contribution in [2.75, 3.05) is 57.7 Å². The van der Waals surface area contributed by atoms with Crippen molar-refractivity contribution in [3.05, 3.63) is 28.8 Å². The zero-order chi connectivity index (χ0) is 19.4. The van der Waals surface area contributed by atoms with E-state index in [0.29, 0.717) is 13.1 Å². The number of anilines is 1. The fourth-order valence-electron chi connectivity index (χ4n) is 4.12. The van der Waals surface area contributed by atoms with Gasteiger partial charge in [-0.1, -0.05) is 17.7 Å². The minimum absolute atomic E-state index is 0.0339. The zero-order valence-electron chi connectivity index (χ0n) is 16.9. The summed E-state index contributed by atoms with van der Waals surface area (Å²) in [4.78, 5) is 31.1. The number of hydrogen-bond acceptors (Lipinski definition) is 4. The average molecular weight is 373 g/mol. The van der Waals surface area contributed by atoms with E-state index in [2.05, 4.69) is 34.2 Å². The van der Waals surface area contributed by atoms with Crippen LogP contribution in [0.1, 0.15) is 29.5 Å². The Bertz CT molecular complexity index is 666. The Hall–Kier alpha value is -1.92. The summed E-state index contributed by atoms with van der Waals surface area (Å²) >= 11 is 0. The number of hydrogen-bond donors (Lipinski definition) is 1. The monoisotopic (exact) mass is 372 g/mol. The summed E-state index contributed by atoms with van der Waals surface area (Å²) in [6.45, 7) is 12.2. The molecule has 1 aromatic carbocycles. The molecule has 2 saturated heterocycles. The predicted molar refractivity (Wildman–Crippen MR) is 108 cm³/mol. The minimum atomic E-state index is 0.0339. The molecular weight excluding hydrogens is 340 g/mol. The smallest absolute Gasteiger partial charge is 0.238 e. The van der Waals surface area contributed by atoms with E-state index in [4.69, 9.17) is 0 Å². The number of aryl methyl sites for hydroxylation is 3. The van der Waals surface area contributed by atoms with Gasteiger partial charge in [-0.25, -0.2) is 0 Å². The first-order valence-corrected chi connectivity index (χ1v) is 10.0. The van der Waals surface area contributed by atoms with Gasteiger partial charge < -0.3 is 10.2 Å². The second kappa shape index (κ2) is 8.85. The third-order valence-electron chi connectivity index (χ3n) is 5.59. The van der Waals surface area contributed by atoms with Crippen molar-refractivity contribution in [2.24, 2.45) is 0 Å². The van der Waals surface area contributed by atoms with Crippen molar-refractivity contribution in [3.63, 3.8) is 0 Å². The van der Waals surface area contributed by atoms with Crippen molar-refractivity contribution < 1.29 is 9.59 Å². The van der Waals surface area contributed by atoms with Crippen LogP contribution in [0.5, 0.6) is 0 Å². The Morgan fingerprint density at radius 1 is 0.852 bits per heavy atom. The second-order valence-electron chi connectivity index (χ2n) is 7.96. The van der Waals surface area contributed by atoms with Crippen LogP contribution in [0.15, 0.2) is 12.1 Å². The standard InChI is InChI=1S/C21H32N4O2/c1-16-12-17(2)21(18(3)13-16)22-19(26)14-23-8-10-24(11-9-23)15-20(27)25-6-4-5-7-25/h12-13H,4-11,14-15H2,1-3H3,(H,22,26). The highest BCUT2D eigenvalue weighted by Crippen LogP contribution is 2.21. The first-order valence-electron chi connectivity index (χ1n) is 10.0. The van der Waals surface area contributed by atoms with Crippen molar-refractivity contribution >= 4 is 17.5 Å². The molecule has 2 aliphatic rings. The van der Waals surface area contributed by atoms with E-state index < -0.39 is 0 Å². The van der Waals surface area contributed by atoms with Crippen LogP contribution in [0, 0.1) is 20.8 Å². The summed E-state index contributed by atoms with van der Waals surface area (Å²) < 4.78 is 0. The molecule has 0 spiro atoms. The van der Waals surface area contributed by atoms with E-state index in [-0.39, 0.29) is 11.8 Å². The molecule has 1 N–H and O–H groups in total. The second-order valence-corrected chi connectivity index (χ2v) is 7.96. The van der Waals surface area contributed by atoms with Crippen LogP contribution >= 0.6 is 0 Å². The molecule has 6 nitrogen and oxygen atoms in total. The van der Waals surface area contributed by atoms with E-state index >= 15 is 0 Å². The molecular formula is C21H32N4O2. The minimum Gasteiger partial charge on any atom is -0.342 e. The molecule has 0 bridgehead atoms. The molecule has 2 fully saturated rings. The summed E-state index contributed by atoms with van der Waals surface area (Å²) in [5.74, 6) is 0.288. The topological polar surface area (TPSA) is 55.9 Å². The van der Waals surface area contributed by atoms with Gasteiger partial charge in [-0.15, -0.1) is 0 Å². The maximum Gasteiger partial charge on any atom is 0.238 e. The largest absolute Gasteiger partial charge is 0.342 e. The number of piperazine rings is 1. The normalized spacial score (nSPS) is 18.7. The number of carbonyl (C=O) groups is 2. The third-order valence-corrected chi connectivity index (χ3v) is 5.59. The first-order chi connectivity index (χ1) is 12.9. The Morgan fingerprint density at radius 2 is 1.37 bits per heavy atom. The van der Waals surface area contributed by atoms with Gasteiger partial charge in [-0.2, -0.15) is 0 Å². The molecule has 3 rings (SSSR count). The number of carbonyl (C=O) groups excluding carboxylic acids is 2. The molecule has 6 heteroatoms. The van der Waals surface area contributed by atoms with Gasteiger partial charge in [0.1, 0.15) is 0 Å². The van der Waals surface area contributed by atoms with Crippen molar-refractivity contribution in [1.82, 2.24) is 14.7 Å². The molecule has 0 saturated carbocycles. The molecule has 0 aliphatic carbocycles. The lowest BCUT2D eigenvalue weighted by atomic mass is 10.1. The molecule has 2 heterocycles. The quantitative estimate of drug-likeness (QED) is 0.856. The Kier molecular flexibility index (Phi) is 6.50. The lowest BCUT2D eigenvalue weighted by Crippen LogP contribution is -2.51. The molecule has 1 aromatic rings. The lowest BCUT2D eigenvalue weighted by Gasteiger charge is -2.34. The summed E-state index contributed by atoms with van der Waals surface area (Å²) in [5, 5.41) is 3.08. The highest BCUT2D eigenvalue weighted by molar-refractivity contribution is 5.93. The summed E-state index contributed by atoms with van der Waals surface area (Å²) in [6.07, 6.45) is 2.27. The highest BCUT2D eigenvalue weighted by Gasteiger charge is 2.24. The maximum absolute atomic E-state index is 12.5. The highest BCUT2D eigenvalue weighted by atomic mass is 16.2. The number of amides is 2. The number of nitrogens with one attached hydrogen (secondary N) is 1. The number of rotatable bonds is 5. The Balaban J connectivity index is 1.43. The van der Waals surface area contributed by atoms with Crippen LogP contribution < -0.4 is 5.32 Å². The van der Waals surface area contributed by atoms with Gasteiger partial charge in [0, 0.05) is 45.0 Å². The lowest BCUT2D eigenvalue weighted by molar-refractivity contribution is -0.132. The molecule has 148 valence electrons. The van der Waals surface area contributed by atoms with Crippen LogP contribution in [0.25, 0.3) is 0 Å². The van der Waals surface area contributed by atoms with Gasteiger partial charge in [0.25, 0.3) is 0 Å². The van der Waals surface area contributed by atoms with E-state index in [1.165, 1.54) is 5.56 Å². The van der Waals surface area contributed by atoms with Crippen molar-refractivity contribution in [2.45, 2.75) is 33.6 Å². The van der Waals surface area contributed by atoms with Crippen LogP contribution in [0.2, 0.25) is 0 Å². The van der Waals surface area contributed by atoms with E-state index in [1.807, 2.05) is 18.7 Å². The summed E-state index contributed by atoms with van der Waals surface area (Å²) in [5.41, 5.74) is 4.35. The summed E-state index contributed by atoms with van der Waals surface area (Å²) in [6, 6.07) is 4.19. The van der Waals surface area contributed by atoms with Gasteiger partial charge >= 0.3 is 0 Å². The van der Waals surface area contributed by atoms with Crippen LogP contribution in [-0.2, 0) is 9.59 Å². The molecule has 2 aliphatic heterocycles. The molecule has 0 unspecified atom stereocenters. The fourth-order valence-corrected chi connectivity index (χ4v) is 4.12. The van der Waals surface area contributed by atoms with E-state index in [1.54, 1.807) is 0 Å². The number of nitrogens with zero attached hydrogens (tertiary/aromatic N) is 3. The fraction of sp³-hybridized carbons (Fsp3) is 0.619. The van der Waals surface area contributed by atoms with Crippen LogP contribution in [-0.4, -0.2) is 78.9 Å². The van der Waals surface area contributed by atoms with E-state index in [0.717, 1.165) is 68.9 Å². The molecule has 0 radical (unpaired) electrons. The van der Waals surface area contributed by atoms with Gasteiger partial charge in [0.15, 0.2) is 0 Å². The summed E-state index contributed by atoms with van der Waals surface area (Å²) in [7, 11) is 0. The first kappa shape index (κ1) is 19.8. The van der Waals surface area contributed by atoms with Crippen molar-refractivity contribution in [1.29, 1.82) is 0 Å². The molecule has 0 aromatic heterocycles. The average Bonchev–Trinajstić information content (AvgIpc) is 3.14. The molecule has 0 atom stereocenters. The van der Waals surface area contributed by atoms with Gasteiger partial charge in [0.05, 0.1) is 13.1 Å². The molecule has 27 heavy (non-hydrogen) atoms. The zero-order valence-corrected chi connectivity index (χ0v) is 16.9. The van der Waals surface area contributed by atoms with E-state index in [9.17, 15) is 9.59 Å². The SMILES string of the molecule is Cc1cc(C)c(NC(=O)CN2CCN(CC(=O)N3CCCC3)CC2)c(C)c1. The van der Waals surface area contributed by atoms with Gasteiger partial charge in [0.2, 0.25) is 11.8 Å². The predicted octanol–water partition coefficient (Wildman–Crippen LogP) is 1.79. The maximum atomic E-state index is 12.5. The number of benzene rings is 1. The Labute approximate surface area is 162 Å². The van der Waals surface area contributed by atoms with Gasteiger partial charge in [-0.05, 0) is 44.7 Å². The van der Waals surface area contributed by atoms with Gasteiger partial charge in [-0.3, -0.25) is 19.4 Å². The van der Waals surface area contributed by atoms with Crippen molar-refractivity contribution in [3.8, 4) is 0 Å². The Morgan fingerprint density at radius 3 is 1.93 bits per heavy atom. The number of likely N-dealkylation sites (tertiary alicyclic amines) is 1. The third kappa shape index (κ3) is 5.30. The molecule has 2 amide bonds.